The fourth-order valence-corrected chi connectivity index (χ4v) is 2.56. The largest absolute Gasteiger partial charge is 0.320 e. The van der Waals surface area contributed by atoms with Crippen molar-refractivity contribution in [1.82, 2.24) is 0 Å². The molecule has 2 aromatic carbocycles. The molecule has 0 saturated heterocycles. The van der Waals surface area contributed by atoms with E-state index >= 15 is 0 Å². The molecule has 100 valence electrons. The van der Waals surface area contributed by atoms with Crippen molar-refractivity contribution in [2.24, 2.45) is 5.73 Å². The summed E-state index contributed by atoms with van der Waals surface area (Å²) in [4.78, 5) is 0. The Morgan fingerprint density at radius 1 is 1.05 bits per heavy atom. The van der Waals surface area contributed by atoms with E-state index in [1.54, 1.807) is 12.1 Å². The predicted octanol–water partition coefficient (Wildman–Crippen LogP) is 4.45. The van der Waals surface area contributed by atoms with Crippen LogP contribution in [0.25, 0.3) is 0 Å². The smallest absolute Gasteiger partial charge is 0.129 e. The lowest BCUT2D eigenvalue weighted by molar-refractivity contribution is 0.599. The standard InChI is InChI=1S/C16H17ClFN/c1-9-7-11(3)12(8-10(9)2)16(19)15-13(17)5-4-6-14(15)18/h4-8,16H,19H2,1-3H3. The first-order valence-electron chi connectivity index (χ1n) is 6.19. The molecule has 3 heteroatoms. The Labute approximate surface area is 118 Å². The first-order chi connectivity index (χ1) is 8.91. The zero-order valence-corrected chi connectivity index (χ0v) is 12.1. The molecule has 0 radical (unpaired) electrons. The van der Waals surface area contributed by atoms with Crippen LogP contribution in [0.4, 0.5) is 4.39 Å². The zero-order valence-electron chi connectivity index (χ0n) is 11.3. The molecular weight excluding hydrogens is 261 g/mol. The Morgan fingerprint density at radius 2 is 1.68 bits per heavy atom. The van der Waals surface area contributed by atoms with Crippen LogP contribution in [0.3, 0.4) is 0 Å². The topological polar surface area (TPSA) is 26.0 Å². The van der Waals surface area contributed by atoms with Gasteiger partial charge in [0.15, 0.2) is 0 Å². The van der Waals surface area contributed by atoms with Gasteiger partial charge in [-0.2, -0.15) is 0 Å². The third-order valence-corrected chi connectivity index (χ3v) is 3.86. The van der Waals surface area contributed by atoms with Crippen LogP contribution in [0.15, 0.2) is 30.3 Å². The Kier molecular flexibility index (Phi) is 3.93. The van der Waals surface area contributed by atoms with Crippen LogP contribution in [0, 0.1) is 26.6 Å². The molecule has 0 spiro atoms. The minimum absolute atomic E-state index is 0.357. The molecule has 0 aliphatic heterocycles. The highest BCUT2D eigenvalue weighted by Crippen LogP contribution is 2.31. The number of hydrogen-bond acceptors (Lipinski definition) is 1. The molecule has 2 N–H and O–H groups in total. The van der Waals surface area contributed by atoms with Gasteiger partial charge in [0.1, 0.15) is 5.82 Å². The fraction of sp³-hybridized carbons (Fsp3) is 0.250. The monoisotopic (exact) mass is 277 g/mol. The summed E-state index contributed by atoms with van der Waals surface area (Å²) in [6, 6.07) is 8.17. The van der Waals surface area contributed by atoms with E-state index in [1.807, 2.05) is 26.8 Å². The van der Waals surface area contributed by atoms with Gasteiger partial charge in [0, 0.05) is 10.6 Å². The molecule has 0 aliphatic rings. The van der Waals surface area contributed by atoms with Crippen LogP contribution in [-0.4, -0.2) is 0 Å². The Morgan fingerprint density at radius 3 is 2.32 bits per heavy atom. The van der Waals surface area contributed by atoms with Crippen LogP contribution in [0.1, 0.15) is 33.9 Å². The number of hydrogen-bond donors (Lipinski definition) is 1. The summed E-state index contributed by atoms with van der Waals surface area (Å²) >= 11 is 6.08. The maximum atomic E-state index is 13.9. The quantitative estimate of drug-likeness (QED) is 0.862. The molecule has 2 rings (SSSR count). The molecule has 0 fully saturated rings. The van der Waals surface area contributed by atoms with Crippen molar-refractivity contribution < 1.29 is 4.39 Å². The molecule has 19 heavy (non-hydrogen) atoms. The minimum Gasteiger partial charge on any atom is -0.320 e. The molecule has 1 atom stereocenters. The molecule has 0 bridgehead atoms. The van der Waals surface area contributed by atoms with E-state index < -0.39 is 6.04 Å². The first-order valence-corrected chi connectivity index (χ1v) is 6.57. The predicted molar refractivity (Wildman–Crippen MR) is 78.1 cm³/mol. The van der Waals surface area contributed by atoms with Gasteiger partial charge in [-0.15, -0.1) is 0 Å². The van der Waals surface area contributed by atoms with Gasteiger partial charge in [-0.05, 0) is 55.2 Å². The van der Waals surface area contributed by atoms with Crippen LogP contribution >= 0.6 is 11.6 Å². The van der Waals surface area contributed by atoms with Crippen molar-refractivity contribution in [2.45, 2.75) is 26.8 Å². The van der Waals surface area contributed by atoms with Crippen LogP contribution < -0.4 is 5.73 Å². The number of benzene rings is 2. The van der Waals surface area contributed by atoms with Crippen molar-refractivity contribution in [2.75, 3.05) is 0 Å². The van der Waals surface area contributed by atoms with Crippen molar-refractivity contribution in [3.05, 3.63) is 69.0 Å². The zero-order chi connectivity index (χ0) is 14.2. The highest BCUT2D eigenvalue weighted by molar-refractivity contribution is 6.31. The van der Waals surface area contributed by atoms with Gasteiger partial charge in [0.25, 0.3) is 0 Å². The van der Waals surface area contributed by atoms with E-state index in [4.69, 9.17) is 17.3 Å². The summed E-state index contributed by atoms with van der Waals surface area (Å²) in [7, 11) is 0. The lowest BCUT2D eigenvalue weighted by Gasteiger charge is -2.19. The van der Waals surface area contributed by atoms with E-state index in [0.717, 1.165) is 16.7 Å². The van der Waals surface area contributed by atoms with Gasteiger partial charge in [0.05, 0.1) is 6.04 Å². The Hall–Kier alpha value is -1.38. The molecule has 0 heterocycles. The van der Waals surface area contributed by atoms with Crippen molar-refractivity contribution in [3.63, 3.8) is 0 Å². The molecule has 1 nitrogen and oxygen atoms in total. The van der Waals surface area contributed by atoms with Gasteiger partial charge in [0.2, 0.25) is 0 Å². The van der Waals surface area contributed by atoms with Crippen LogP contribution in [-0.2, 0) is 0 Å². The molecule has 2 aromatic rings. The molecule has 0 aromatic heterocycles. The molecule has 1 unspecified atom stereocenters. The summed E-state index contributed by atoms with van der Waals surface area (Å²) in [6.45, 7) is 6.05. The first kappa shape index (κ1) is 14.0. The number of rotatable bonds is 2. The lowest BCUT2D eigenvalue weighted by Crippen LogP contribution is -2.16. The second-order valence-electron chi connectivity index (χ2n) is 4.91. The number of aryl methyl sites for hydroxylation is 3. The lowest BCUT2D eigenvalue weighted by atomic mass is 9.92. The Bertz CT molecular complexity index is 602. The van der Waals surface area contributed by atoms with E-state index in [9.17, 15) is 4.39 Å². The minimum atomic E-state index is -0.548. The average Bonchev–Trinajstić information content (AvgIpc) is 2.33. The van der Waals surface area contributed by atoms with E-state index in [1.165, 1.54) is 11.6 Å². The second-order valence-corrected chi connectivity index (χ2v) is 5.31. The molecule has 0 aliphatic carbocycles. The third-order valence-electron chi connectivity index (χ3n) is 3.53. The average molecular weight is 278 g/mol. The maximum Gasteiger partial charge on any atom is 0.129 e. The van der Waals surface area contributed by atoms with E-state index in [0.29, 0.717) is 10.6 Å². The van der Waals surface area contributed by atoms with Gasteiger partial charge in [-0.25, -0.2) is 4.39 Å². The number of nitrogens with two attached hydrogens (primary N) is 1. The Balaban J connectivity index is 2.56. The van der Waals surface area contributed by atoms with Gasteiger partial charge >= 0.3 is 0 Å². The summed E-state index contributed by atoms with van der Waals surface area (Å²) in [5, 5.41) is 0.366. The van der Waals surface area contributed by atoms with E-state index in [-0.39, 0.29) is 5.82 Å². The van der Waals surface area contributed by atoms with E-state index in [2.05, 4.69) is 6.07 Å². The van der Waals surface area contributed by atoms with Crippen molar-refractivity contribution in [1.29, 1.82) is 0 Å². The van der Waals surface area contributed by atoms with Gasteiger partial charge in [-0.1, -0.05) is 29.8 Å². The third kappa shape index (κ3) is 2.65. The number of halogens is 2. The van der Waals surface area contributed by atoms with Gasteiger partial charge in [-0.3, -0.25) is 0 Å². The van der Waals surface area contributed by atoms with Crippen molar-refractivity contribution in [3.8, 4) is 0 Å². The highest BCUT2D eigenvalue weighted by atomic mass is 35.5. The molecule has 0 saturated carbocycles. The fourth-order valence-electron chi connectivity index (χ4n) is 2.28. The molecular formula is C16H17ClFN. The molecule has 0 amide bonds. The summed E-state index contributed by atoms with van der Waals surface area (Å²) in [5.41, 5.74) is 10.9. The normalized spacial score (nSPS) is 12.5. The van der Waals surface area contributed by atoms with Crippen LogP contribution in [0.5, 0.6) is 0 Å². The second kappa shape index (κ2) is 5.32. The van der Waals surface area contributed by atoms with Crippen LogP contribution in [0.2, 0.25) is 5.02 Å². The highest BCUT2D eigenvalue weighted by Gasteiger charge is 2.19. The SMILES string of the molecule is Cc1cc(C)c(C(N)c2c(F)cccc2Cl)cc1C. The summed E-state index contributed by atoms with van der Waals surface area (Å²) in [5.74, 6) is -0.363. The summed E-state index contributed by atoms with van der Waals surface area (Å²) < 4.78 is 13.9. The van der Waals surface area contributed by atoms with Gasteiger partial charge < -0.3 is 5.73 Å². The van der Waals surface area contributed by atoms with Crippen molar-refractivity contribution >= 4 is 11.6 Å². The summed E-state index contributed by atoms with van der Waals surface area (Å²) in [6.07, 6.45) is 0. The maximum absolute atomic E-state index is 13.9.